The van der Waals surface area contributed by atoms with Crippen LogP contribution in [-0.4, -0.2) is 9.78 Å². The molecular formula is C14H16F3N3. The van der Waals surface area contributed by atoms with E-state index in [0.717, 1.165) is 17.3 Å². The molecule has 1 atom stereocenters. The smallest absolute Gasteiger partial charge is 0.161 e. The van der Waals surface area contributed by atoms with Crippen LogP contribution < -0.4 is 5.32 Å². The maximum atomic E-state index is 13.5. The van der Waals surface area contributed by atoms with Crippen LogP contribution in [0, 0.1) is 24.4 Å². The maximum absolute atomic E-state index is 13.5. The summed E-state index contributed by atoms with van der Waals surface area (Å²) in [7, 11) is 1.83. The molecule has 108 valence electrons. The highest BCUT2D eigenvalue weighted by Gasteiger charge is 2.14. The van der Waals surface area contributed by atoms with E-state index in [4.69, 9.17) is 0 Å². The van der Waals surface area contributed by atoms with E-state index in [1.807, 2.05) is 20.9 Å². The predicted octanol–water partition coefficient (Wildman–Crippen LogP) is 3.00. The summed E-state index contributed by atoms with van der Waals surface area (Å²) in [4.78, 5) is 0. The topological polar surface area (TPSA) is 29.9 Å². The molecule has 0 fully saturated rings. The van der Waals surface area contributed by atoms with Crippen LogP contribution in [0.1, 0.15) is 29.8 Å². The van der Waals surface area contributed by atoms with Crippen molar-refractivity contribution < 1.29 is 13.2 Å². The summed E-state index contributed by atoms with van der Waals surface area (Å²) in [5, 5.41) is 7.20. The average molecular weight is 283 g/mol. The molecule has 1 aromatic heterocycles. The molecule has 6 heteroatoms. The van der Waals surface area contributed by atoms with Crippen LogP contribution >= 0.6 is 0 Å². The molecule has 0 spiro atoms. The molecule has 1 aromatic carbocycles. The van der Waals surface area contributed by atoms with E-state index in [0.29, 0.717) is 6.07 Å². The molecule has 0 saturated carbocycles. The largest absolute Gasteiger partial charge is 0.306 e. The second-order valence-corrected chi connectivity index (χ2v) is 4.77. The summed E-state index contributed by atoms with van der Waals surface area (Å²) in [5.74, 6) is -2.98. The molecule has 2 aromatic rings. The first-order chi connectivity index (χ1) is 9.40. The van der Waals surface area contributed by atoms with Crippen molar-refractivity contribution >= 4 is 0 Å². The molecule has 2 rings (SSSR count). The lowest BCUT2D eigenvalue weighted by atomic mass is 10.1. The Morgan fingerprint density at radius 1 is 1.20 bits per heavy atom. The normalized spacial score (nSPS) is 12.7. The summed E-state index contributed by atoms with van der Waals surface area (Å²) in [6, 6.07) is 1.36. The van der Waals surface area contributed by atoms with Gasteiger partial charge in [0, 0.05) is 42.5 Å². The monoisotopic (exact) mass is 283 g/mol. The van der Waals surface area contributed by atoms with Crippen molar-refractivity contribution in [2.45, 2.75) is 26.4 Å². The number of benzene rings is 1. The van der Waals surface area contributed by atoms with Crippen LogP contribution in [0.15, 0.2) is 18.3 Å². The fourth-order valence-electron chi connectivity index (χ4n) is 2.01. The quantitative estimate of drug-likeness (QED) is 0.874. The summed E-state index contributed by atoms with van der Waals surface area (Å²) in [6.07, 6.45) is 1.73. The van der Waals surface area contributed by atoms with Crippen molar-refractivity contribution in [1.29, 1.82) is 0 Å². The zero-order valence-electron chi connectivity index (χ0n) is 11.5. The Labute approximate surface area is 115 Å². The molecule has 0 amide bonds. The highest BCUT2D eigenvalue weighted by molar-refractivity contribution is 5.22. The van der Waals surface area contributed by atoms with Gasteiger partial charge < -0.3 is 5.32 Å². The van der Waals surface area contributed by atoms with Gasteiger partial charge in [-0.1, -0.05) is 0 Å². The highest BCUT2D eigenvalue weighted by Crippen LogP contribution is 2.18. The van der Waals surface area contributed by atoms with Crippen LogP contribution in [-0.2, 0) is 13.6 Å². The van der Waals surface area contributed by atoms with E-state index in [1.54, 1.807) is 10.9 Å². The second-order valence-electron chi connectivity index (χ2n) is 4.77. The van der Waals surface area contributed by atoms with Crippen molar-refractivity contribution in [3.8, 4) is 0 Å². The minimum Gasteiger partial charge on any atom is -0.306 e. The first-order valence-corrected chi connectivity index (χ1v) is 6.25. The highest BCUT2D eigenvalue weighted by atomic mass is 19.2. The summed E-state index contributed by atoms with van der Waals surface area (Å²) in [5.41, 5.74) is 2.07. The SMILES string of the molecule is Cc1c(C(C)NCc2cc(F)c(F)cc2F)cnn1C. The number of rotatable bonds is 4. The summed E-state index contributed by atoms with van der Waals surface area (Å²) in [6.45, 7) is 3.94. The van der Waals surface area contributed by atoms with Crippen LogP contribution in [0.3, 0.4) is 0 Å². The van der Waals surface area contributed by atoms with Crippen molar-refractivity contribution in [1.82, 2.24) is 15.1 Å². The predicted molar refractivity (Wildman–Crippen MR) is 69.5 cm³/mol. The molecule has 0 saturated heterocycles. The van der Waals surface area contributed by atoms with Gasteiger partial charge in [0.15, 0.2) is 11.6 Å². The van der Waals surface area contributed by atoms with E-state index in [9.17, 15) is 13.2 Å². The number of nitrogens with one attached hydrogen (secondary N) is 1. The minimum atomic E-state index is -1.18. The van der Waals surface area contributed by atoms with Gasteiger partial charge in [-0.2, -0.15) is 5.10 Å². The zero-order valence-corrected chi connectivity index (χ0v) is 11.5. The van der Waals surface area contributed by atoms with Gasteiger partial charge >= 0.3 is 0 Å². The lowest BCUT2D eigenvalue weighted by Gasteiger charge is -2.14. The Morgan fingerprint density at radius 2 is 1.85 bits per heavy atom. The molecule has 0 aliphatic rings. The van der Waals surface area contributed by atoms with E-state index >= 15 is 0 Å². The average Bonchev–Trinajstić information content (AvgIpc) is 2.72. The number of nitrogens with zero attached hydrogens (tertiary/aromatic N) is 2. The third kappa shape index (κ3) is 2.85. The number of hydrogen-bond acceptors (Lipinski definition) is 2. The Balaban J connectivity index is 2.09. The van der Waals surface area contributed by atoms with E-state index < -0.39 is 17.5 Å². The van der Waals surface area contributed by atoms with Gasteiger partial charge in [0.1, 0.15) is 5.82 Å². The molecule has 0 aliphatic heterocycles. The Kier molecular flexibility index (Phi) is 4.13. The van der Waals surface area contributed by atoms with Crippen LogP contribution in [0.4, 0.5) is 13.2 Å². The van der Waals surface area contributed by atoms with Gasteiger partial charge in [-0.25, -0.2) is 13.2 Å². The first-order valence-electron chi connectivity index (χ1n) is 6.25. The van der Waals surface area contributed by atoms with Crippen molar-refractivity contribution in [2.24, 2.45) is 7.05 Å². The van der Waals surface area contributed by atoms with Gasteiger partial charge in [-0.05, 0) is 19.9 Å². The first kappa shape index (κ1) is 14.6. The minimum absolute atomic E-state index is 0.0729. The molecule has 20 heavy (non-hydrogen) atoms. The standard InChI is InChI=1S/C14H16F3N3/c1-8(11-7-19-20(3)9(11)2)18-6-10-4-13(16)14(17)5-12(10)15/h4-5,7-8,18H,6H2,1-3H3. The van der Waals surface area contributed by atoms with Gasteiger partial charge in [-0.15, -0.1) is 0 Å². The van der Waals surface area contributed by atoms with E-state index in [-0.39, 0.29) is 18.2 Å². The van der Waals surface area contributed by atoms with Gasteiger partial charge in [0.2, 0.25) is 0 Å². The van der Waals surface area contributed by atoms with E-state index in [1.165, 1.54) is 0 Å². The van der Waals surface area contributed by atoms with Crippen LogP contribution in [0.5, 0.6) is 0 Å². The molecule has 1 heterocycles. The number of aryl methyl sites for hydroxylation is 1. The maximum Gasteiger partial charge on any atom is 0.161 e. The summed E-state index contributed by atoms with van der Waals surface area (Å²) < 4.78 is 41.2. The summed E-state index contributed by atoms with van der Waals surface area (Å²) >= 11 is 0. The molecule has 0 radical (unpaired) electrons. The van der Waals surface area contributed by atoms with Gasteiger partial charge in [-0.3, -0.25) is 4.68 Å². The second kappa shape index (κ2) is 5.66. The zero-order chi connectivity index (χ0) is 14.9. The molecule has 3 nitrogen and oxygen atoms in total. The number of aromatic nitrogens is 2. The lowest BCUT2D eigenvalue weighted by Crippen LogP contribution is -2.19. The fourth-order valence-corrected chi connectivity index (χ4v) is 2.01. The number of halogens is 3. The third-order valence-corrected chi connectivity index (χ3v) is 3.43. The molecule has 1 N–H and O–H groups in total. The van der Waals surface area contributed by atoms with Crippen molar-refractivity contribution in [2.75, 3.05) is 0 Å². The Bertz CT molecular complexity index is 622. The van der Waals surface area contributed by atoms with Gasteiger partial charge in [0.25, 0.3) is 0 Å². The van der Waals surface area contributed by atoms with Crippen molar-refractivity contribution in [3.05, 3.63) is 52.6 Å². The molecular weight excluding hydrogens is 267 g/mol. The molecule has 1 unspecified atom stereocenters. The lowest BCUT2D eigenvalue weighted by molar-refractivity contribution is 0.482. The fraction of sp³-hybridized carbons (Fsp3) is 0.357. The molecule has 0 bridgehead atoms. The number of hydrogen-bond donors (Lipinski definition) is 1. The van der Waals surface area contributed by atoms with Crippen molar-refractivity contribution in [3.63, 3.8) is 0 Å². The van der Waals surface area contributed by atoms with Crippen LogP contribution in [0.25, 0.3) is 0 Å². The Hall–Kier alpha value is -1.82. The van der Waals surface area contributed by atoms with Gasteiger partial charge in [0.05, 0.1) is 6.20 Å². The third-order valence-electron chi connectivity index (χ3n) is 3.43. The molecule has 0 aliphatic carbocycles. The van der Waals surface area contributed by atoms with Crippen LogP contribution in [0.2, 0.25) is 0 Å². The Morgan fingerprint density at radius 3 is 2.45 bits per heavy atom. The van der Waals surface area contributed by atoms with E-state index in [2.05, 4.69) is 10.4 Å².